The van der Waals surface area contributed by atoms with E-state index in [9.17, 15) is 4.79 Å². The van der Waals surface area contributed by atoms with Crippen LogP contribution in [0.3, 0.4) is 0 Å². The van der Waals surface area contributed by atoms with Gasteiger partial charge in [0.1, 0.15) is 5.60 Å². The van der Waals surface area contributed by atoms with E-state index in [0.29, 0.717) is 18.4 Å². The zero-order valence-corrected chi connectivity index (χ0v) is 12.0. The molecule has 3 heteroatoms. The second kappa shape index (κ2) is 5.85. The molecule has 1 saturated heterocycles. The molecule has 17 heavy (non-hydrogen) atoms. The fourth-order valence-corrected chi connectivity index (χ4v) is 2.51. The van der Waals surface area contributed by atoms with Gasteiger partial charge < -0.3 is 4.74 Å². The topological polar surface area (TPSA) is 29.5 Å². The predicted molar refractivity (Wildman–Crippen MR) is 69.9 cm³/mol. The first-order valence-corrected chi connectivity index (χ1v) is 6.75. The van der Waals surface area contributed by atoms with Crippen molar-refractivity contribution in [3.63, 3.8) is 0 Å². The van der Waals surface area contributed by atoms with Crippen LogP contribution in [-0.4, -0.2) is 35.6 Å². The molecule has 0 spiro atoms. The Morgan fingerprint density at radius 1 is 1.41 bits per heavy atom. The standard InChI is InChI=1S/C14H27NO2/c1-11(2)12-7-6-9-15(12)10-8-13(16)17-14(3,4)5/h11-12H,6-10H2,1-5H3. The molecule has 1 heterocycles. The van der Waals surface area contributed by atoms with Gasteiger partial charge in [0.15, 0.2) is 0 Å². The van der Waals surface area contributed by atoms with E-state index in [4.69, 9.17) is 4.74 Å². The summed E-state index contributed by atoms with van der Waals surface area (Å²) in [5.74, 6) is 0.600. The first kappa shape index (κ1) is 14.5. The molecule has 0 bridgehead atoms. The highest BCUT2D eigenvalue weighted by Gasteiger charge is 2.27. The van der Waals surface area contributed by atoms with Crippen LogP contribution in [-0.2, 0) is 9.53 Å². The highest BCUT2D eigenvalue weighted by atomic mass is 16.6. The van der Waals surface area contributed by atoms with Crippen LogP contribution in [0.15, 0.2) is 0 Å². The van der Waals surface area contributed by atoms with Gasteiger partial charge in [-0.3, -0.25) is 9.69 Å². The number of nitrogens with zero attached hydrogens (tertiary/aromatic N) is 1. The summed E-state index contributed by atoms with van der Waals surface area (Å²) < 4.78 is 5.33. The van der Waals surface area contributed by atoms with Crippen LogP contribution in [0.2, 0.25) is 0 Å². The quantitative estimate of drug-likeness (QED) is 0.709. The van der Waals surface area contributed by atoms with Gasteiger partial charge in [0.05, 0.1) is 6.42 Å². The molecular formula is C14H27NO2. The Morgan fingerprint density at radius 3 is 2.59 bits per heavy atom. The van der Waals surface area contributed by atoms with Gasteiger partial charge >= 0.3 is 5.97 Å². The second-order valence-electron chi connectivity index (χ2n) is 6.33. The maximum atomic E-state index is 11.6. The van der Waals surface area contributed by atoms with Crippen molar-refractivity contribution in [3.05, 3.63) is 0 Å². The molecule has 100 valence electrons. The number of esters is 1. The normalized spacial score (nSPS) is 22.1. The van der Waals surface area contributed by atoms with Gasteiger partial charge in [-0.05, 0) is 46.1 Å². The molecule has 0 saturated carbocycles. The number of rotatable bonds is 4. The van der Waals surface area contributed by atoms with Crippen LogP contribution >= 0.6 is 0 Å². The van der Waals surface area contributed by atoms with Crippen LogP contribution in [0.4, 0.5) is 0 Å². The van der Waals surface area contributed by atoms with Crippen molar-refractivity contribution >= 4 is 5.97 Å². The number of carbonyl (C=O) groups is 1. The molecule has 1 atom stereocenters. The van der Waals surface area contributed by atoms with Crippen molar-refractivity contribution in [2.24, 2.45) is 5.92 Å². The number of likely N-dealkylation sites (tertiary alicyclic amines) is 1. The first-order chi connectivity index (χ1) is 7.79. The average Bonchev–Trinajstić information content (AvgIpc) is 2.59. The predicted octanol–water partition coefficient (Wildman–Crippen LogP) is 2.84. The maximum absolute atomic E-state index is 11.6. The van der Waals surface area contributed by atoms with Gasteiger partial charge in [-0.2, -0.15) is 0 Å². The van der Waals surface area contributed by atoms with E-state index in [1.807, 2.05) is 20.8 Å². The molecule has 0 aromatic rings. The van der Waals surface area contributed by atoms with E-state index >= 15 is 0 Å². The Labute approximate surface area is 106 Å². The summed E-state index contributed by atoms with van der Waals surface area (Å²) in [4.78, 5) is 14.1. The van der Waals surface area contributed by atoms with Gasteiger partial charge in [-0.15, -0.1) is 0 Å². The van der Waals surface area contributed by atoms with Gasteiger partial charge in [-0.1, -0.05) is 13.8 Å². The van der Waals surface area contributed by atoms with Crippen molar-refractivity contribution in [2.75, 3.05) is 13.1 Å². The summed E-state index contributed by atoms with van der Waals surface area (Å²) in [6, 6.07) is 0.650. The zero-order chi connectivity index (χ0) is 13.1. The maximum Gasteiger partial charge on any atom is 0.307 e. The van der Waals surface area contributed by atoms with Crippen molar-refractivity contribution < 1.29 is 9.53 Å². The summed E-state index contributed by atoms with van der Waals surface area (Å²) in [5.41, 5.74) is -0.362. The third-order valence-electron chi connectivity index (χ3n) is 3.21. The molecule has 0 N–H and O–H groups in total. The third-order valence-corrected chi connectivity index (χ3v) is 3.21. The molecule has 0 amide bonds. The minimum atomic E-state index is -0.362. The molecule has 0 aromatic carbocycles. The largest absolute Gasteiger partial charge is 0.460 e. The highest BCUT2D eigenvalue weighted by Crippen LogP contribution is 2.23. The Balaban J connectivity index is 2.33. The third kappa shape index (κ3) is 5.07. The van der Waals surface area contributed by atoms with Crippen molar-refractivity contribution in [3.8, 4) is 0 Å². The summed E-state index contributed by atoms with van der Waals surface area (Å²) in [5, 5.41) is 0. The van der Waals surface area contributed by atoms with E-state index in [1.54, 1.807) is 0 Å². The molecule has 0 radical (unpaired) electrons. The van der Waals surface area contributed by atoms with E-state index in [2.05, 4.69) is 18.7 Å². The van der Waals surface area contributed by atoms with Gasteiger partial charge in [0, 0.05) is 12.6 Å². The van der Waals surface area contributed by atoms with Gasteiger partial charge in [0.25, 0.3) is 0 Å². The van der Waals surface area contributed by atoms with E-state index < -0.39 is 0 Å². The zero-order valence-electron chi connectivity index (χ0n) is 12.0. The smallest absolute Gasteiger partial charge is 0.307 e. The lowest BCUT2D eigenvalue weighted by Gasteiger charge is -2.27. The summed E-state index contributed by atoms with van der Waals surface area (Å²) in [6.45, 7) is 12.2. The lowest BCUT2D eigenvalue weighted by Crippen LogP contribution is -2.36. The Bertz CT molecular complexity index is 255. The van der Waals surface area contributed by atoms with E-state index in [-0.39, 0.29) is 11.6 Å². The lowest BCUT2D eigenvalue weighted by molar-refractivity contribution is -0.155. The Hall–Kier alpha value is -0.570. The lowest BCUT2D eigenvalue weighted by atomic mass is 10.0. The van der Waals surface area contributed by atoms with Crippen LogP contribution in [0.25, 0.3) is 0 Å². The van der Waals surface area contributed by atoms with Crippen molar-refractivity contribution in [1.29, 1.82) is 0 Å². The van der Waals surface area contributed by atoms with Crippen LogP contribution < -0.4 is 0 Å². The highest BCUT2D eigenvalue weighted by molar-refractivity contribution is 5.70. The number of ether oxygens (including phenoxy) is 1. The van der Waals surface area contributed by atoms with Crippen molar-refractivity contribution in [1.82, 2.24) is 4.90 Å². The second-order valence-corrected chi connectivity index (χ2v) is 6.33. The average molecular weight is 241 g/mol. The van der Waals surface area contributed by atoms with E-state index in [1.165, 1.54) is 12.8 Å². The molecule has 1 fully saturated rings. The van der Waals surface area contributed by atoms with E-state index in [0.717, 1.165) is 13.1 Å². The minimum Gasteiger partial charge on any atom is -0.460 e. The fraction of sp³-hybridized carbons (Fsp3) is 0.929. The van der Waals surface area contributed by atoms with Crippen LogP contribution in [0.5, 0.6) is 0 Å². The molecular weight excluding hydrogens is 214 g/mol. The van der Waals surface area contributed by atoms with Crippen molar-refractivity contribution in [2.45, 2.75) is 65.5 Å². The molecule has 1 unspecified atom stereocenters. The first-order valence-electron chi connectivity index (χ1n) is 6.75. The number of carbonyl (C=O) groups excluding carboxylic acids is 1. The monoisotopic (exact) mass is 241 g/mol. The molecule has 1 aliphatic heterocycles. The molecule has 3 nitrogen and oxygen atoms in total. The van der Waals surface area contributed by atoms with Crippen LogP contribution in [0.1, 0.15) is 53.9 Å². The van der Waals surface area contributed by atoms with Gasteiger partial charge in [-0.25, -0.2) is 0 Å². The summed E-state index contributed by atoms with van der Waals surface area (Å²) in [7, 11) is 0. The molecule has 1 aliphatic rings. The summed E-state index contributed by atoms with van der Waals surface area (Å²) >= 11 is 0. The molecule has 1 rings (SSSR count). The Morgan fingerprint density at radius 2 is 2.06 bits per heavy atom. The molecule has 0 aromatic heterocycles. The Kier molecular flexibility index (Phi) is 4.99. The number of hydrogen-bond donors (Lipinski definition) is 0. The minimum absolute atomic E-state index is 0.0769. The number of hydrogen-bond acceptors (Lipinski definition) is 3. The molecule has 0 aliphatic carbocycles. The van der Waals surface area contributed by atoms with Crippen LogP contribution in [0, 0.1) is 5.92 Å². The SMILES string of the molecule is CC(C)C1CCCN1CCC(=O)OC(C)(C)C. The summed E-state index contributed by atoms with van der Waals surface area (Å²) in [6.07, 6.45) is 3.05. The van der Waals surface area contributed by atoms with Gasteiger partial charge in [0.2, 0.25) is 0 Å². The fourth-order valence-electron chi connectivity index (χ4n) is 2.51.